The van der Waals surface area contributed by atoms with E-state index in [2.05, 4.69) is 0 Å². The predicted octanol–water partition coefficient (Wildman–Crippen LogP) is 2.03. The lowest BCUT2D eigenvalue weighted by atomic mass is 9.97. The molecule has 0 aromatic rings. The second-order valence-electron chi connectivity index (χ2n) is 5.88. The maximum Gasteiger partial charge on any atom is 0.410 e. The number of carbonyl (C=O) groups is 2. The van der Waals surface area contributed by atoms with Gasteiger partial charge in [-0.3, -0.25) is 9.69 Å². The Bertz CT molecular complexity index is 532. The van der Waals surface area contributed by atoms with Gasteiger partial charge in [0.2, 0.25) is 0 Å². The normalized spacial score (nSPS) is 18.9. The molecule has 0 N–H and O–H groups in total. The van der Waals surface area contributed by atoms with Gasteiger partial charge in [0.1, 0.15) is 0 Å². The van der Waals surface area contributed by atoms with E-state index in [1.54, 1.807) is 31.2 Å². The number of ketones is 1. The first-order chi connectivity index (χ1) is 11.3. The summed E-state index contributed by atoms with van der Waals surface area (Å²) >= 11 is 0. The minimum atomic E-state index is -0.407. The van der Waals surface area contributed by atoms with E-state index in [9.17, 15) is 9.59 Å². The molecule has 132 valence electrons. The number of piperidine rings is 1. The first-order valence-electron chi connectivity index (χ1n) is 7.89. The molecule has 0 saturated carbocycles. The van der Waals surface area contributed by atoms with E-state index in [1.165, 1.54) is 4.90 Å². The maximum atomic E-state index is 12.6. The summed E-state index contributed by atoms with van der Waals surface area (Å²) in [5.74, 6) is -0.0395. The molecular formula is C18H27N3O3. The molecule has 0 aromatic carbocycles. The number of amides is 1. The predicted molar refractivity (Wildman–Crippen MR) is 95.4 cm³/mol. The average Bonchev–Trinajstić information content (AvgIpc) is 2.49. The van der Waals surface area contributed by atoms with Crippen LogP contribution in [0, 0.1) is 0 Å². The molecule has 0 atom stereocenters. The van der Waals surface area contributed by atoms with Gasteiger partial charge >= 0.3 is 6.09 Å². The molecule has 6 heteroatoms. The molecule has 1 amide bonds. The smallest absolute Gasteiger partial charge is 0.410 e. The lowest BCUT2D eigenvalue weighted by molar-refractivity contribution is -0.113. The van der Waals surface area contributed by atoms with E-state index in [0.717, 1.165) is 0 Å². The lowest BCUT2D eigenvalue weighted by Crippen LogP contribution is -2.42. The van der Waals surface area contributed by atoms with Gasteiger partial charge in [-0.15, -0.1) is 0 Å². The minimum Gasteiger partial charge on any atom is -0.450 e. The van der Waals surface area contributed by atoms with Crippen molar-refractivity contribution in [2.75, 3.05) is 47.9 Å². The SMILES string of the molecule is CCOC(=O)N1C/C(=C\C=C\N(C)C)C(=O)/C(=C/C=C/N(C)C)C1. The van der Waals surface area contributed by atoms with Crippen LogP contribution in [0.4, 0.5) is 4.79 Å². The largest absolute Gasteiger partial charge is 0.450 e. The fraction of sp³-hybridized carbons (Fsp3) is 0.444. The molecule has 1 aliphatic rings. The number of rotatable bonds is 5. The molecule has 1 saturated heterocycles. The van der Waals surface area contributed by atoms with Crippen molar-refractivity contribution >= 4 is 11.9 Å². The molecule has 0 bridgehead atoms. The summed E-state index contributed by atoms with van der Waals surface area (Å²) < 4.78 is 5.07. The highest BCUT2D eigenvalue weighted by molar-refractivity contribution is 6.10. The molecule has 1 heterocycles. The maximum absolute atomic E-state index is 12.6. The Balaban J connectivity index is 3.06. The third kappa shape index (κ3) is 6.32. The van der Waals surface area contributed by atoms with Gasteiger partial charge in [-0.2, -0.15) is 0 Å². The van der Waals surface area contributed by atoms with E-state index in [1.807, 2.05) is 50.4 Å². The van der Waals surface area contributed by atoms with Crippen molar-refractivity contribution in [3.8, 4) is 0 Å². The number of nitrogens with zero attached hydrogens (tertiary/aromatic N) is 3. The van der Waals surface area contributed by atoms with Gasteiger partial charge in [0, 0.05) is 39.3 Å². The van der Waals surface area contributed by atoms with Crippen molar-refractivity contribution < 1.29 is 14.3 Å². The van der Waals surface area contributed by atoms with E-state index >= 15 is 0 Å². The van der Waals surface area contributed by atoms with E-state index < -0.39 is 6.09 Å². The zero-order valence-corrected chi connectivity index (χ0v) is 15.2. The second kappa shape index (κ2) is 9.60. The zero-order valence-electron chi connectivity index (χ0n) is 15.2. The fourth-order valence-corrected chi connectivity index (χ4v) is 2.08. The molecule has 0 aromatic heterocycles. The molecule has 0 aliphatic carbocycles. The van der Waals surface area contributed by atoms with Crippen LogP contribution in [0.5, 0.6) is 0 Å². The Morgan fingerprint density at radius 2 is 1.50 bits per heavy atom. The molecule has 24 heavy (non-hydrogen) atoms. The van der Waals surface area contributed by atoms with Gasteiger partial charge in [-0.1, -0.05) is 12.2 Å². The van der Waals surface area contributed by atoms with Crippen LogP contribution in [0.1, 0.15) is 6.92 Å². The van der Waals surface area contributed by atoms with Crippen LogP contribution in [0.2, 0.25) is 0 Å². The second-order valence-corrected chi connectivity index (χ2v) is 5.88. The van der Waals surface area contributed by atoms with Gasteiger partial charge in [-0.05, 0) is 31.5 Å². The minimum absolute atomic E-state index is 0.0395. The molecule has 0 radical (unpaired) electrons. The van der Waals surface area contributed by atoms with Crippen LogP contribution >= 0.6 is 0 Å². The third-order valence-electron chi connectivity index (χ3n) is 3.19. The van der Waals surface area contributed by atoms with Crippen LogP contribution < -0.4 is 0 Å². The van der Waals surface area contributed by atoms with Gasteiger partial charge in [0.25, 0.3) is 0 Å². The standard InChI is InChI=1S/C18H27N3O3/c1-6-24-18(23)21-13-15(9-7-11-19(2)3)17(22)16(14-21)10-8-12-20(4)5/h7-12H,6,13-14H2,1-5H3/b11-7+,12-8+,15-9+,16-10+. The van der Waals surface area contributed by atoms with Crippen LogP contribution in [0.25, 0.3) is 0 Å². The van der Waals surface area contributed by atoms with Crippen molar-refractivity contribution in [2.45, 2.75) is 6.92 Å². The number of ether oxygens (including phenoxy) is 1. The molecule has 1 rings (SSSR count). The molecular weight excluding hydrogens is 306 g/mol. The number of allylic oxidation sites excluding steroid dienone is 4. The highest BCUT2D eigenvalue weighted by atomic mass is 16.6. The van der Waals surface area contributed by atoms with Gasteiger partial charge in [-0.25, -0.2) is 4.79 Å². The summed E-state index contributed by atoms with van der Waals surface area (Å²) in [6.45, 7) is 2.58. The van der Waals surface area contributed by atoms with Gasteiger partial charge < -0.3 is 14.5 Å². The molecule has 1 fully saturated rings. The molecule has 6 nitrogen and oxygen atoms in total. The Hall–Kier alpha value is -2.50. The Morgan fingerprint density at radius 1 is 1.04 bits per heavy atom. The molecule has 1 aliphatic heterocycles. The van der Waals surface area contributed by atoms with Gasteiger partial charge in [0.05, 0.1) is 19.7 Å². The number of likely N-dealkylation sites (tertiary alicyclic amines) is 1. The summed E-state index contributed by atoms with van der Waals surface area (Å²) in [5.41, 5.74) is 1.13. The van der Waals surface area contributed by atoms with Crippen molar-refractivity contribution in [2.24, 2.45) is 0 Å². The first kappa shape index (κ1) is 19.5. The van der Waals surface area contributed by atoms with Crippen LogP contribution in [-0.4, -0.2) is 74.5 Å². The summed E-state index contributed by atoms with van der Waals surface area (Å²) in [6.07, 6.45) is 10.4. The van der Waals surface area contributed by atoms with Gasteiger partial charge in [0.15, 0.2) is 5.78 Å². The highest BCUT2D eigenvalue weighted by Gasteiger charge is 2.29. The molecule has 0 unspecified atom stereocenters. The van der Waals surface area contributed by atoms with Crippen molar-refractivity contribution in [1.29, 1.82) is 0 Å². The Kier molecular flexibility index (Phi) is 7.82. The Morgan fingerprint density at radius 3 is 1.88 bits per heavy atom. The topological polar surface area (TPSA) is 53.1 Å². The summed E-state index contributed by atoms with van der Waals surface area (Å²) in [5, 5.41) is 0. The van der Waals surface area contributed by atoms with Crippen molar-refractivity contribution in [1.82, 2.24) is 14.7 Å². The summed E-state index contributed by atoms with van der Waals surface area (Å²) in [4.78, 5) is 29.9. The van der Waals surface area contributed by atoms with E-state index in [-0.39, 0.29) is 18.9 Å². The first-order valence-corrected chi connectivity index (χ1v) is 7.89. The van der Waals surface area contributed by atoms with Crippen LogP contribution in [0.15, 0.2) is 47.9 Å². The van der Waals surface area contributed by atoms with Crippen molar-refractivity contribution in [3.05, 3.63) is 47.9 Å². The summed E-state index contributed by atoms with van der Waals surface area (Å²) in [7, 11) is 7.61. The van der Waals surface area contributed by atoms with Crippen LogP contribution in [0.3, 0.4) is 0 Å². The average molecular weight is 333 g/mol. The van der Waals surface area contributed by atoms with Crippen molar-refractivity contribution in [3.63, 3.8) is 0 Å². The number of carbonyl (C=O) groups excluding carboxylic acids is 2. The van der Waals surface area contributed by atoms with Crippen LogP contribution in [-0.2, 0) is 9.53 Å². The number of hydrogen-bond acceptors (Lipinski definition) is 5. The molecule has 0 spiro atoms. The quantitative estimate of drug-likeness (QED) is 0.721. The third-order valence-corrected chi connectivity index (χ3v) is 3.19. The van der Waals surface area contributed by atoms with E-state index in [0.29, 0.717) is 17.8 Å². The zero-order chi connectivity index (χ0) is 18.1. The highest BCUT2D eigenvalue weighted by Crippen LogP contribution is 2.18. The van der Waals surface area contributed by atoms with E-state index in [4.69, 9.17) is 4.74 Å². The monoisotopic (exact) mass is 333 g/mol. The number of hydrogen-bond donors (Lipinski definition) is 0. The fourth-order valence-electron chi connectivity index (χ4n) is 2.08. The lowest BCUT2D eigenvalue weighted by Gasteiger charge is -2.28. The summed E-state index contributed by atoms with van der Waals surface area (Å²) in [6, 6.07) is 0. The Labute approximate surface area is 144 Å². The number of Topliss-reactive ketones (excluding diaryl/α,β-unsaturated/α-hetero) is 1.